The molecule has 2 aromatic carbocycles. The summed E-state index contributed by atoms with van der Waals surface area (Å²) in [7, 11) is 0. The second-order valence-corrected chi connectivity index (χ2v) is 9.17. The van der Waals surface area contributed by atoms with E-state index in [2.05, 4.69) is 15.0 Å². The fourth-order valence-electron chi connectivity index (χ4n) is 4.57. The fraction of sp³-hybridized carbons (Fsp3) is 0.231. The fourth-order valence-corrected chi connectivity index (χ4v) is 4.74. The van der Waals surface area contributed by atoms with Crippen molar-refractivity contribution in [3.63, 3.8) is 0 Å². The van der Waals surface area contributed by atoms with Gasteiger partial charge in [0.1, 0.15) is 29.6 Å². The molecule has 0 radical (unpaired) electrons. The maximum absolute atomic E-state index is 15.3. The Balaban J connectivity index is 1.46. The van der Waals surface area contributed by atoms with Crippen LogP contribution < -0.4 is 10.5 Å². The summed E-state index contributed by atoms with van der Waals surface area (Å²) in [5, 5.41) is 0. The molecule has 13 heteroatoms. The molecule has 2 N–H and O–H groups in total. The molecule has 2 aliphatic rings. The molecule has 202 valence electrons. The Hall–Kier alpha value is -4.06. The summed E-state index contributed by atoms with van der Waals surface area (Å²) in [5.41, 5.74) is 7.72. The number of carbonyl (C=O) groups is 1. The number of rotatable bonds is 5. The predicted octanol–water partition coefficient (Wildman–Crippen LogP) is 4.87. The van der Waals surface area contributed by atoms with Crippen molar-refractivity contribution in [2.75, 3.05) is 31.2 Å². The Labute approximate surface area is 223 Å². The lowest BCUT2D eigenvalue weighted by Gasteiger charge is -2.21. The zero-order chi connectivity index (χ0) is 27.8. The minimum absolute atomic E-state index is 0.0322. The monoisotopic (exact) mass is 563 g/mol. The number of benzene rings is 2. The van der Waals surface area contributed by atoms with Crippen LogP contribution in [0.2, 0.25) is 0 Å². The molecule has 39 heavy (non-hydrogen) atoms. The second kappa shape index (κ2) is 10.6. The van der Waals surface area contributed by atoms with E-state index >= 15 is 4.39 Å². The van der Waals surface area contributed by atoms with Gasteiger partial charge in [-0.15, -0.1) is 11.6 Å². The average Bonchev–Trinajstić information content (AvgIpc) is 3.39. The van der Waals surface area contributed by atoms with Gasteiger partial charge in [0.05, 0.1) is 23.5 Å². The average molecular weight is 564 g/mol. The third kappa shape index (κ3) is 5.03. The zero-order valence-electron chi connectivity index (χ0n) is 20.0. The number of fused-ring (bicyclic) bond motifs is 1. The number of nitrogen functional groups attached to an aromatic ring is 1. The molecule has 7 nitrogen and oxygen atoms in total. The Morgan fingerprint density at radius 1 is 1.10 bits per heavy atom. The number of carbonyl (C=O) groups excluding carboxylic acids is 1. The molecule has 1 fully saturated rings. The SMILES string of the molecule is Nc1ncnc2c1C(c1ccc(Oc3c(F)c(F)cc(F)c3F)cc1F)=NC/C2=C/C1CCN(C(=O)CCl)C1. The number of aromatic nitrogens is 2. The van der Waals surface area contributed by atoms with Crippen LogP contribution in [0.1, 0.15) is 23.2 Å². The summed E-state index contributed by atoms with van der Waals surface area (Å²) in [6, 6.07) is 3.23. The van der Waals surface area contributed by atoms with Gasteiger partial charge in [0.25, 0.3) is 0 Å². The quantitative estimate of drug-likeness (QED) is 0.272. The van der Waals surface area contributed by atoms with Crippen molar-refractivity contribution in [3.05, 3.63) is 82.6 Å². The van der Waals surface area contributed by atoms with E-state index in [9.17, 15) is 22.4 Å². The van der Waals surface area contributed by atoms with Crippen molar-refractivity contribution in [3.8, 4) is 11.5 Å². The molecule has 1 saturated heterocycles. The van der Waals surface area contributed by atoms with Gasteiger partial charge < -0.3 is 15.4 Å². The van der Waals surface area contributed by atoms with Crippen LogP contribution >= 0.6 is 11.6 Å². The van der Waals surface area contributed by atoms with Gasteiger partial charge in [-0.25, -0.2) is 23.1 Å². The molecular weight excluding hydrogens is 545 g/mol. The highest BCUT2D eigenvalue weighted by Crippen LogP contribution is 2.35. The number of nitrogens with zero attached hydrogens (tertiary/aromatic N) is 4. The number of halogens is 6. The topological polar surface area (TPSA) is 93.7 Å². The number of ether oxygens (including phenoxy) is 1. The summed E-state index contributed by atoms with van der Waals surface area (Å²) >= 11 is 5.66. The number of alkyl halides is 1. The van der Waals surface area contributed by atoms with E-state index in [-0.39, 0.29) is 47.4 Å². The molecule has 0 aliphatic carbocycles. The van der Waals surface area contributed by atoms with E-state index in [4.69, 9.17) is 22.1 Å². The zero-order valence-corrected chi connectivity index (χ0v) is 20.8. The van der Waals surface area contributed by atoms with Crippen molar-refractivity contribution in [2.45, 2.75) is 6.42 Å². The van der Waals surface area contributed by atoms with Crippen molar-refractivity contribution in [1.82, 2.24) is 14.9 Å². The van der Waals surface area contributed by atoms with Gasteiger partial charge in [-0.1, -0.05) is 6.08 Å². The van der Waals surface area contributed by atoms with E-state index in [1.54, 1.807) is 4.90 Å². The van der Waals surface area contributed by atoms with Crippen LogP contribution in [0.25, 0.3) is 5.57 Å². The summed E-state index contributed by atoms with van der Waals surface area (Å²) in [6.07, 6.45) is 3.96. The van der Waals surface area contributed by atoms with Crippen molar-refractivity contribution < 1.29 is 31.5 Å². The number of aliphatic imine (C=N–C) groups is 1. The van der Waals surface area contributed by atoms with Crippen molar-refractivity contribution in [1.29, 1.82) is 0 Å². The normalized spacial score (nSPS) is 17.8. The lowest BCUT2D eigenvalue weighted by Crippen LogP contribution is -2.29. The van der Waals surface area contributed by atoms with Crippen molar-refractivity contribution in [2.24, 2.45) is 10.9 Å². The molecule has 0 spiro atoms. The van der Waals surface area contributed by atoms with Gasteiger partial charge in [-0.2, -0.15) is 8.78 Å². The van der Waals surface area contributed by atoms with Gasteiger partial charge in [-0.05, 0) is 30.0 Å². The Morgan fingerprint density at radius 3 is 2.54 bits per heavy atom. The Morgan fingerprint density at radius 2 is 1.85 bits per heavy atom. The van der Waals surface area contributed by atoms with Crippen LogP contribution in [0, 0.1) is 35.0 Å². The van der Waals surface area contributed by atoms with Gasteiger partial charge in [0.15, 0.2) is 11.6 Å². The lowest BCUT2D eigenvalue weighted by molar-refractivity contribution is -0.127. The van der Waals surface area contributed by atoms with Crippen LogP contribution in [0.3, 0.4) is 0 Å². The van der Waals surface area contributed by atoms with Gasteiger partial charge in [0.2, 0.25) is 23.3 Å². The Kier molecular flexibility index (Phi) is 7.21. The summed E-state index contributed by atoms with van der Waals surface area (Å²) < 4.78 is 75.2. The smallest absolute Gasteiger partial charge is 0.237 e. The molecule has 0 saturated carbocycles. The molecule has 2 aliphatic heterocycles. The number of hydrogen-bond acceptors (Lipinski definition) is 6. The highest BCUT2D eigenvalue weighted by molar-refractivity contribution is 6.27. The number of nitrogens with two attached hydrogens (primary N) is 1. The Bertz CT molecular complexity index is 1520. The maximum atomic E-state index is 15.3. The highest BCUT2D eigenvalue weighted by Gasteiger charge is 2.29. The molecular formula is C26H19ClF5N5O2. The van der Waals surface area contributed by atoms with Gasteiger partial charge in [0, 0.05) is 30.8 Å². The standard InChI is InChI=1S/C26H19ClF5N5O2/c27-8-19(38)37-4-3-12(10-37)5-13-9-34-24(20-23(13)35-11-36-26(20)33)15-2-1-14(6-16(15)28)39-25-21(31)17(29)7-18(30)22(25)32/h1-2,5-7,11-12H,3-4,8-10H2,(H2,33,35,36)/b13-5-. The lowest BCUT2D eigenvalue weighted by atomic mass is 9.92. The third-order valence-electron chi connectivity index (χ3n) is 6.44. The first kappa shape index (κ1) is 26.5. The van der Waals surface area contributed by atoms with Crippen molar-refractivity contribution >= 4 is 34.6 Å². The molecule has 1 amide bonds. The van der Waals surface area contributed by atoms with Crippen LogP contribution in [0.4, 0.5) is 27.8 Å². The summed E-state index contributed by atoms with van der Waals surface area (Å²) in [6.45, 7) is 1.20. The predicted molar refractivity (Wildman–Crippen MR) is 133 cm³/mol. The largest absolute Gasteiger partial charge is 0.451 e. The first-order valence-electron chi connectivity index (χ1n) is 11.7. The maximum Gasteiger partial charge on any atom is 0.237 e. The number of likely N-dealkylation sites (tertiary alicyclic amines) is 1. The van der Waals surface area contributed by atoms with Gasteiger partial charge >= 0.3 is 0 Å². The third-order valence-corrected chi connectivity index (χ3v) is 6.67. The first-order valence-corrected chi connectivity index (χ1v) is 12.2. The summed E-state index contributed by atoms with van der Waals surface area (Å²) in [5.74, 6) is -9.66. The first-order chi connectivity index (χ1) is 18.7. The number of amides is 1. The van der Waals surface area contributed by atoms with E-state index in [1.807, 2.05) is 6.08 Å². The van der Waals surface area contributed by atoms with E-state index in [0.29, 0.717) is 24.3 Å². The van der Waals surface area contributed by atoms with Crippen LogP contribution in [0.15, 0.2) is 41.7 Å². The summed E-state index contributed by atoms with van der Waals surface area (Å²) in [4.78, 5) is 26.5. The molecule has 1 unspecified atom stereocenters. The minimum atomic E-state index is -1.76. The molecule has 3 aromatic rings. The molecule has 5 rings (SSSR count). The molecule has 1 atom stereocenters. The van der Waals surface area contributed by atoms with Gasteiger partial charge in [-0.3, -0.25) is 9.79 Å². The minimum Gasteiger partial charge on any atom is -0.451 e. The van der Waals surface area contributed by atoms with E-state index in [1.165, 1.54) is 12.4 Å². The number of hydrogen-bond donors (Lipinski definition) is 1. The van der Waals surface area contributed by atoms with E-state index in [0.717, 1.165) is 24.1 Å². The highest BCUT2D eigenvalue weighted by atomic mass is 35.5. The molecule has 0 bridgehead atoms. The van der Waals surface area contributed by atoms with Crippen LogP contribution in [0.5, 0.6) is 11.5 Å². The second-order valence-electron chi connectivity index (χ2n) is 8.90. The molecule has 1 aromatic heterocycles. The van der Waals surface area contributed by atoms with Crippen LogP contribution in [-0.2, 0) is 4.79 Å². The number of anilines is 1. The van der Waals surface area contributed by atoms with E-state index < -0.39 is 40.6 Å². The van der Waals surface area contributed by atoms with Crippen LogP contribution in [-0.4, -0.2) is 52.0 Å². The molecule has 3 heterocycles.